The predicted molar refractivity (Wildman–Crippen MR) is 117 cm³/mol. The third-order valence-corrected chi connectivity index (χ3v) is 5.03. The molecular formula is C24H18N6O. The summed E-state index contributed by atoms with van der Waals surface area (Å²) in [5.41, 5.74) is 4.94. The van der Waals surface area contributed by atoms with E-state index < -0.39 is 5.91 Å². The second kappa shape index (κ2) is 7.74. The van der Waals surface area contributed by atoms with Crippen LogP contribution in [0.15, 0.2) is 48.7 Å². The van der Waals surface area contributed by atoms with Gasteiger partial charge in [-0.05, 0) is 62.2 Å². The number of nitrogens with zero attached hydrogens (tertiary/aromatic N) is 5. The Morgan fingerprint density at radius 3 is 2.58 bits per heavy atom. The lowest BCUT2D eigenvalue weighted by Crippen LogP contribution is -2.16. The van der Waals surface area contributed by atoms with Crippen molar-refractivity contribution in [2.45, 2.75) is 20.8 Å². The molecule has 1 N–H and O–H groups in total. The average molecular weight is 406 g/mol. The summed E-state index contributed by atoms with van der Waals surface area (Å²) in [6.07, 6.45) is 1.39. The molecule has 0 aliphatic heterocycles. The molecule has 150 valence electrons. The molecule has 4 aromatic rings. The van der Waals surface area contributed by atoms with Crippen LogP contribution < -0.4 is 5.32 Å². The van der Waals surface area contributed by atoms with Crippen LogP contribution in [0, 0.1) is 43.4 Å². The van der Waals surface area contributed by atoms with Gasteiger partial charge in [-0.3, -0.25) is 4.79 Å². The Labute approximate surface area is 179 Å². The van der Waals surface area contributed by atoms with Crippen LogP contribution in [0.2, 0.25) is 0 Å². The number of nitriles is 2. The van der Waals surface area contributed by atoms with Gasteiger partial charge in [-0.1, -0.05) is 17.7 Å². The van der Waals surface area contributed by atoms with Crippen molar-refractivity contribution >= 4 is 22.6 Å². The van der Waals surface area contributed by atoms with Crippen LogP contribution in [0.4, 0.5) is 5.82 Å². The Morgan fingerprint density at radius 2 is 1.84 bits per heavy atom. The number of pyridine rings is 1. The molecule has 0 spiro atoms. The number of rotatable bonds is 3. The standard InChI is InChI=1S/C24H18N6O/c1-14-7-16(3)22-20(8-14)15(2)9-21(28-22)30-23(19(12-26)13-27-30)29-24(31)18-6-4-5-17(10-18)11-25/h4-10,13H,1-3H3,(H,29,31). The second-order valence-corrected chi connectivity index (χ2v) is 7.35. The highest BCUT2D eigenvalue weighted by molar-refractivity contribution is 6.04. The summed E-state index contributed by atoms with van der Waals surface area (Å²) in [6, 6.07) is 16.4. The number of carbonyl (C=O) groups is 1. The Bertz CT molecular complexity index is 1440. The summed E-state index contributed by atoms with van der Waals surface area (Å²) in [7, 11) is 0. The summed E-state index contributed by atoms with van der Waals surface area (Å²) in [5, 5.41) is 26.7. The van der Waals surface area contributed by atoms with Crippen molar-refractivity contribution in [3.05, 3.63) is 82.0 Å². The Hall–Kier alpha value is -4.49. The SMILES string of the molecule is Cc1cc(C)c2nc(-n3ncc(C#N)c3NC(=O)c3cccc(C#N)c3)cc(C)c2c1. The van der Waals surface area contributed by atoms with Gasteiger partial charge in [0, 0.05) is 10.9 Å². The van der Waals surface area contributed by atoms with Gasteiger partial charge in [0.25, 0.3) is 5.91 Å². The summed E-state index contributed by atoms with van der Waals surface area (Å²) in [6.45, 7) is 6.04. The van der Waals surface area contributed by atoms with Crippen LogP contribution in [-0.2, 0) is 0 Å². The van der Waals surface area contributed by atoms with E-state index in [1.54, 1.807) is 18.2 Å². The van der Waals surface area contributed by atoms with Crippen LogP contribution in [0.5, 0.6) is 0 Å². The van der Waals surface area contributed by atoms with Crippen LogP contribution in [0.1, 0.15) is 38.2 Å². The normalized spacial score (nSPS) is 10.5. The minimum atomic E-state index is -0.445. The Balaban J connectivity index is 1.81. The first-order valence-corrected chi connectivity index (χ1v) is 9.60. The van der Waals surface area contributed by atoms with Gasteiger partial charge in [-0.15, -0.1) is 0 Å². The van der Waals surface area contributed by atoms with Crippen molar-refractivity contribution in [1.29, 1.82) is 10.5 Å². The molecule has 0 atom stereocenters. The number of amides is 1. The van der Waals surface area contributed by atoms with E-state index in [2.05, 4.69) is 28.6 Å². The van der Waals surface area contributed by atoms with Gasteiger partial charge in [-0.25, -0.2) is 4.98 Å². The minimum Gasteiger partial charge on any atom is -0.305 e. The molecule has 7 nitrogen and oxygen atoms in total. The monoisotopic (exact) mass is 406 g/mol. The van der Waals surface area contributed by atoms with Crippen LogP contribution in [0.25, 0.3) is 16.7 Å². The van der Waals surface area contributed by atoms with Crippen molar-refractivity contribution in [2.75, 3.05) is 5.32 Å². The fourth-order valence-corrected chi connectivity index (χ4v) is 3.57. The lowest BCUT2D eigenvalue weighted by atomic mass is 10.0. The van der Waals surface area contributed by atoms with E-state index in [1.807, 2.05) is 32.9 Å². The molecule has 0 fully saturated rings. The Kier molecular flexibility index (Phi) is 4.94. The predicted octanol–water partition coefficient (Wildman–Crippen LogP) is 4.34. The quantitative estimate of drug-likeness (QED) is 0.544. The van der Waals surface area contributed by atoms with Crippen LogP contribution in [-0.4, -0.2) is 20.7 Å². The molecule has 0 aliphatic rings. The first-order valence-electron chi connectivity index (χ1n) is 9.60. The molecular weight excluding hydrogens is 388 g/mol. The lowest BCUT2D eigenvalue weighted by molar-refractivity contribution is 0.102. The highest BCUT2D eigenvalue weighted by Gasteiger charge is 2.18. The van der Waals surface area contributed by atoms with E-state index in [4.69, 9.17) is 10.2 Å². The average Bonchev–Trinajstić information content (AvgIpc) is 3.16. The van der Waals surface area contributed by atoms with E-state index >= 15 is 0 Å². The molecule has 7 heteroatoms. The van der Waals surface area contributed by atoms with Crippen molar-refractivity contribution in [1.82, 2.24) is 14.8 Å². The van der Waals surface area contributed by atoms with Gasteiger partial charge in [0.2, 0.25) is 0 Å². The zero-order chi connectivity index (χ0) is 22.1. The third kappa shape index (κ3) is 3.61. The largest absolute Gasteiger partial charge is 0.305 e. The van der Waals surface area contributed by atoms with E-state index in [0.29, 0.717) is 16.9 Å². The number of nitrogens with one attached hydrogen (secondary N) is 1. The van der Waals surface area contributed by atoms with Gasteiger partial charge in [-0.2, -0.15) is 20.3 Å². The van der Waals surface area contributed by atoms with Crippen molar-refractivity contribution in [3.8, 4) is 18.0 Å². The molecule has 0 saturated carbocycles. The van der Waals surface area contributed by atoms with Crippen molar-refractivity contribution in [2.24, 2.45) is 0 Å². The fraction of sp³-hybridized carbons (Fsp3) is 0.125. The van der Waals surface area contributed by atoms with Crippen molar-refractivity contribution in [3.63, 3.8) is 0 Å². The topological polar surface area (TPSA) is 107 Å². The number of anilines is 1. The summed E-state index contributed by atoms with van der Waals surface area (Å²) in [4.78, 5) is 17.6. The number of aryl methyl sites for hydroxylation is 3. The minimum absolute atomic E-state index is 0.213. The molecule has 0 radical (unpaired) electrons. The van der Waals surface area contributed by atoms with Gasteiger partial charge < -0.3 is 5.32 Å². The van der Waals surface area contributed by atoms with E-state index in [9.17, 15) is 10.1 Å². The summed E-state index contributed by atoms with van der Waals surface area (Å²) >= 11 is 0. The number of carbonyl (C=O) groups excluding carboxylic acids is 1. The van der Waals surface area contributed by atoms with Gasteiger partial charge >= 0.3 is 0 Å². The lowest BCUT2D eigenvalue weighted by Gasteiger charge is -2.13. The van der Waals surface area contributed by atoms with Gasteiger partial charge in [0.15, 0.2) is 11.6 Å². The van der Waals surface area contributed by atoms with Crippen molar-refractivity contribution < 1.29 is 4.79 Å². The maximum Gasteiger partial charge on any atom is 0.256 e. The zero-order valence-corrected chi connectivity index (χ0v) is 17.3. The highest BCUT2D eigenvalue weighted by atomic mass is 16.1. The number of aromatic nitrogens is 3. The first kappa shape index (κ1) is 19.8. The zero-order valence-electron chi connectivity index (χ0n) is 17.3. The molecule has 4 rings (SSSR count). The van der Waals surface area contributed by atoms with Gasteiger partial charge in [0.05, 0.1) is 23.3 Å². The van der Waals surface area contributed by atoms with Gasteiger partial charge in [0.1, 0.15) is 11.6 Å². The number of hydrogen-bond donors (Lipinski definition) is 1. The number of benzene rings is 2. The molecule has 0 aliphatic carbocycles. The molecule has 2 aromatic carbocycles. The van der Waals surface area contributed by atoms with Crippen LogP contribution >= 0.6 is 0 Å². The molecule has 0 unspecified atom stereocenters. The highest BCUT2D eigenvalue weighted by Crippen LogP contribution is 2.26. The first-order chi connectivity index (χ1) is 14.9. The summed E-state index contributed by atoms with van der Waals surface area (Å²) < 4.78 is 1.45. The molecule has 0 saturated heterocycles. The van der Waals surface area contributed by atoms with E-state index in [1.165, 1.54) is 16.9 Å². The number of hydrogen-bond acceptors (Lipinski definition) is 5. The maximum atomic E-state index is 12.8. The molecule has 1 amide bonds. The van der Waals surface area contributed by atoms with E-state index in [-0.39, 0.29) is 11.4 Å². The fourth-order valence-electron chi connectivity index (χ4n) is 3.57. The third-order valence-electron chi connectivity index (χ3n) is 5.03. The summed E-state index contributed by atoms with van der Waals surface area (Å²) in [5.74, 6) is 0.282. The molecule has 2 aromatic heterocycles. The molecule has 31 heavy (non-hydrogen) atoms. The molecule has 0 bridgehead atoms. The van der Waals surface area contributed by atoms with Crippen LogP contribution in [0.3, 0.4) is 0 Å². The smallest absolute Gasteiger partial charge is 0.256 e. The van der Waals surface area contributed by atoms with E-state index in [0.717, 1.165) is 27.6 Å². The molecule has 2 heterocycles. The number of fused-ring (bicyclic) bond motifs is 1. The Morgan fingerprint density at radius 1 is 1.03 bits per heavy atom. The maximum absolute atomic E-state index is 12.8. The second-order valence-electron chi connectivity index (χ2n) is 7.35.